The van der Waals surface area contributed by atoms with Crippen LogP contribution >= 0.6 is 0 Å². The van der Waals surface area contributed by atoms with Crippen LogP contribution in [0.2, 0.25) is 0 Å². The molecule has 0 aromatic carbocycles. The molecule has 0 aromatic heterocycles. The Morgan fingerprint density at radius 1 is 1.19 bits per heavy atom. The topological polar surface area (TPSA) is 41.6 Å². The van der Waals surface area contributed by atoms with Gasteiger partial charge in [-0.15, -0.1) is 0 Å². The van der Waals surface area contributed by atoms with Crippen LogP contribution in [0.3, 0.4) is 0 Å². The SMILES string of the molecule is CCOC(=O)CCCCCN1CCNCC12CCCCC2. The molecule has 4 nitrogen and oxygen atoms in total. The first-order chi connectivity index (χ1) is 10.3. The average molecular weight is 296 g/mol. The van der Waals surface area contributed by atoms with Crippen molar-refractivity contribution in [1.82, 2.24) is 10.2 Å². The zero-order chi connectivity index (χ0) is 15.0. The molecule has 0 bridgehead atoms. The van der Waals surface area contributed by atoms with Crippen LogP contribution in [0.4, 0.5) is 0 Å². The second-order valence-corrected chi connectivity index (χ2v) is 6.56. The quantitative estimate of drug-likeness (QED) is 0.579. The fourth-order valence-corrected chi connectivity index (χ4v) is 3.92. The maximum atomic E-state index is 11.3. The minimum absolute atomic E-state index is 0.0385. The van der Waals surface area contributed by atoms with Gasteiger partial charge in [0.1, 0.15) is 0 Å². The van der Waals surface area contributed by atoms with E-state index in [1.165, 1.54) is 58.2 Å². The Labute approximate surface area is 129 Å². The van der Waals surface area contributed by atoms with Crippen molar-refractivity contribution < 1.29 is 9.53 Å². The summed E-state index contributed by atoms with van der Waals surface area (Å²) >= 11 is 0. The van der Waals surface area contributed by atoms with Crippen LogP contribution in [0, 0.1) is 0 Å². The lowest BCUT2D eigenvalue weighted by Gasteiger charge is -2.50. The number of carbonyl (C=O) groups excluding carboxylic acids is 1. The summed E-state index contributed by atoms with van der Waals surface area (Å²) < 4.78 is 4.97. The standard InChI is InChI=1S/C17H32N2O2/c1-2-21-16(20)9-5-3-8-13-19-14-12-18-15-17(19)10-6-4-7-11-17/h18H,2-15H2,1H3. The molecule has 1 spiro atoms. The monoisotopic (exact) mass is 296 g/mol. The number of hydrogen-bond acceptors (Lipinski definition) is 4. The number of esters is 1. The fourth-order valence-electron chi connectivity index (χ4n) is 3.92. The Hall–Kier alpha value is -0.610. The van der Waals surface area contributed by atoms with Gasteiger partial charge in [-0.05, 0) is 39.2 Å². The summed E-state index contributed by atoms with van der Waals surface area (Å²) in [5.41, 5.74) is 0.442. The number of ether oxygens (including phenoxy) is 1. The molecule has 1 aliphatic carbocycles. The Balaban J connectivity index is 1.67. The number of nitrogens with one attached hydrogen (secondary N) is 1. The lowest BCUT2D eigenvalue weighted by Crippen LogP contribution is -2.62. The molecular weight excluding hydrogens is 264 g/mol. The van der Waals surface area contributed by atoms with Crippen LogP contribution < -0.4 is 5.32 Å². The number of piperazine rings is 1. The van der Waals surface area contributed by atoms with Crippen molar-refractivity contribution in [2.24, 2.45) is 0 Å². The van der Waals surface area contributed by atoms with E-state index in [0.29, 0.717) is 18.6 Å². The number of rotatable bonds is 7. The van der Waals surface area contributed by atoms with Crippen LogP contribution in [0.15, 0.2) is 0 Å². The Morgan fingerprint density at radius 2 is 2.00 bits per heavy atom. The summed E-state index contributed by atoms with van der Waals surface area (Å²) in [7, 11) is 0. The molecule has 1 saturated heterocycles. The van der Waals surface area contributed by atoms with Crippen molar-refractivity contribution in [2.45, 2.75) is 70.3 Å². The van der Waals surface area contributed by atoms with E-state index in [9.17, 15) is 4.79 Å². The first kappa shape index (κ1) is 16.8. The van der Waals surface area contributed by atoms with Crippen LogP contribution in [-0.2, 0) is 9.53 Å². The summed E-state index contributed by atoms with van der Waals surface area (Å²) in [5, 5.41) is 3.60. The molecule has 0 radical (unpaired) electrons. The highest BCUT2D eigenvalue weighted by molar-refractivity contribution is 5.69. The fraction of sp³-hybridized carbons (Fsp3) is 0.941. The van der Waals surface area contributed by atoms with Crippen LogP contribution in [0.1, 0.15) is 64.7 Å². The summed E-state index contributed by atoms with van der Waals surface area (Å²) in [5.74, 6) is -0.0385. The third-order valence-electron chi connectivity index (χ3n) is 5.08. The Morgan fingerprint density at radius 3 is 2.76 bits per heavy atom. The molecule has 1 heterocycles. The number of nitrogens with zero attached hydrogens (tertiary/aromatic N) is 1. The van der Waals surface area contributed by atoms with Crippen molar-refractivity contribution >= 4 is 5.97 Å². The molecule has 0 aromatic rings. The molecule has 0 atom stereocenters. The van der Waals surface area contributed by atoms with E-state index in [4.69, 9.17) is 4.74 Å². The van der Waals surface area contributed by atoms with E-state index >= 15 is 0 Å². The van der Waals surface area contributed by atoms with Crippen molar-refractivity contribution in [3.05, 3.63) is 0 Å². The molecule has 2 fully saturated rings. The molecule has 1 saturated carbocycles. The normalized spacial score (nSPS) is 22.3. The number of hydrogen-bond donors (Lipinski definition) is 1. The molecule has 122 valence electrons. The first-order valence-electron chi connectivity index (χ1n) is 8.88. The Bertz CT molecular complexity index is 306. The summed E-state index contributed by atoms with van der Waals surface area (Å²) in [6.45, 7) is 7.07. The molecule has 0 unspecified atom stereocenters. The first-order valence-corrected chi connectivity index (χ1v) is 8.88. The van der Waals surface area contributed by atoms with Crippen LogP contribution in [-0.4, -0.2) is 49.2 Å². The molecule has 2 aliphatic rings. The maximum absolute atomic E-state index is 11.3. The lowest BCUT2D eigenvalue weighted by molar-refractivity contribution is -0.143. The van der Waals surface area contributed by atoms with E-state index in [2.05, 4.69) is 10.2 Å². The van der Waals surface area contributed by atoms with Crippen LogP contribution in [0.25, 0.3) is 0 Å². The highest BCUT2D eigenvalue weighted by Gasteiger charge is 2.38. The van der Waals surface area contributed by atoms with Crippen LogP contribution in [0.5, 0.6) is 0 Å². The van der Waals surface area contributed by atoms with Gasteiger partial charge in [0.15, 0.2) is 0 Å². The number of unbranched alkanes of at least 4 members (excludes halogenated alkanes) is 2. The molecule has 1 aliphatic heterocycles. The minimum Gasteiger partial charge on any atom is -0.466 e. The smallest absolute Gasteiger partial charge is 0.305 e. The van der Waals surface area contributed by atoms with Gasteiger partial charge in [0.05, 0.1) is 6.61 Å². The molecule has 2 rings (SSSR count). The van der Waals surface area contributed by atoms with Gasteiger partial charge < -0.3 is 10.1 Å². The van der Waals surface area contributed by atoms with Gasteiger partial charge in [-0.25, -0.2) is 0 Å². The summed E-state index contributed by atoms with van der Waals surface area (Å²) in [6, 6.07) is 0. The van der Waals surface area contributed by atoms with Gasteiger partial charge in [-0.2, -0.15) is 0 Å². The van der Waals surface area contributed by atoms with Crippen molar-refractivity contribution in [3.63, 3.8) is 0 Å². The van der Waals surface area contributed by atoms with Crippen molar-refractivity contribution in [3.8, 4) is 0 Å². The van der Waals surface area contributed by atoms with Crippen molar-refractivity contribution in [2.75, 3.05) is 32.8 Å². The minimum atomic E-state index is -0.0385. The van der Waals surface area contributed by atoms with Gasteiger partial charge in [0, 0.05) is 31.6 Å². The maximum Gasteiger partial charge on any atom is 0.305 e. The van der Waals surface area contributed by atoms with E-state index in [-0.39, 0.29) is 5.97 Å². The zero-order valence-corrected chi connectivity index (χ0v) is 13.7. The third kappa shape index (κ3) is 4.96. The van der Waals surface area contributed by atoms with E-state index in [0.717, 1.165) is 19.4 Å². The predicted molar refractivity (Wildman–Crippen MR) is 85.4 cm³/mol. The van der Waals surface area contributed by atoms with E-state index in [1.807, 2.05) is 6.92 Å². The summed E-state index contributed by atoms with van der Waals surface area (Å²) in [4.78, 5) is 14.1. The predicted octanol–water partition coefficient (Wildman–Crippen LogP) is 2.72. The highest BCUT2D eigenvalue weighted by atomic mass is 16.5. The summed E-state index contributed by atoms with van der Waals surface area (Å²) in [6.07, 6.45) is 10.8. The third-order valence-corrected chi connectivity index (χ3v) is 5.08. The Kier molecular flexibility index (Phi) is 6.97. The van der Waals surface area contributed by atoms with Gasteiger partial charge in [-0.3, -0.25) is 9.69 Å². The van der Waals surface area contributed by atoms with Gasteiger partial charge in [0.2, 0.25) is 0 Å². The lowest BCUT2D eigenvalue weighted by atomic mass is 9.79. The average Bonchev–Trinajstić information content (AvgIpc) is 2.50. The highest BCUT2D eigenvalue weighted by Crippen LogP contribution is 2.34. The van der Waals surface area contributed by atoms with Gasteiger partial charge in [0.25, 0.3) is 0 Å². The zero-order valence-electron chi connectivity index (χ0n) is 13.7. The molecule has 0 amide bonds. The van der Waals surface area contributed by atoms with E-state index < -0.39 is 0 Å². The second kappa shape index (κ2) is 8.74. The molecule has 1 N–H and O–H groups in total. The molecule has 4 heteroatoms. The molecular formula is C17H32N2O2. The van der Waals surface area contributed by atoms with Crippen molar-refractivity contribution in [1.29, 1.82) is 0 Å². The van der Waals surface area contributed by atoms with Gasteiger partial charge >= 0.3 is 5.97 Å². The van der Waals surface area contributed by atoms with Gasteiger partial charge in [-0.1, -0.05) is 25.7 Å². The molecule has 21 heavy (non-hydrogen) atoms. The van der Waals surface area contributed by atoms with E-state index in [1.54, 1.807) is 0 Å². The number of carbonyl (C=O) groups is 1. The largest absolute Gasteiger partial charge is 0.466 e. The second-order valence-electron chi connectivity index (χ2n) is 6.56.